The molecule has 1 unspecified atom stereocenters. The highest BCUT2D eigenvalue weighted by Gasteiger charge is 2.27. The van der Waals surface area contributed by atoms with Crippen LogP contribution in [-0.4, -0.2) is 48.2 Å². The summed E-state index contributed by atoms with van der Waals surface area (Å²) >= 11 is 0. The van der Waals surface area contributed by atoms with Crippen LogP contribution in [0.3, 0.4) is 0 Å². The van der Waals surface area contributed by atoms with Gasteiger partial charge in [0.25, 0.3) is 0 Å². The molecule has 23 heavy (non-hydrogen) atoms. The predicted molar refractivity (Wildman–Crippen MR) is 85.0 cm³/mol. The number of ether oxygens (including phenoxy) is 1. The molecule has 2 rings (SSSR count). The number of aromatic nitrogens is 1. The molecule has 1 fully saturated rings. The van der Waals surface area contributed by atoms with E-state index in [9.17, 15) is 9.59 Å². The second kappa shape index (κ2) is 8.10. The van der Waals surface area contributed by atoms with Crippen LogP contribution in [0.4, 0.5) is 5.88 Å². The van der Waals surface area contributed by atoms with Gasteiger partial charge in [0.1, 0.15) is 0 Å². The monoisotopic (exact) mass is 323 g/mol. The van der Waals surface area contributed by atoms with Crippen LogP contribution in [0.15, 0.2) is 10.6 Å². The van der Waals surface area contributed by atoms with Crippen LogP contribution in [0.5, 0.6) is 0 Å². The van der Waals surface area contributed by atoms with Crippen LogP contribution in [0.25, 0.3) is 0 Å². The molecule has 1 N–H and O–H groups in total. The van der Waals surface area contributed by atoms with E-state index in [2.05, 4.69) is 10.5 Å². The lowest BCUT2D eigenvalue weighted by atomic mass is 9.98. The van der Waals surface area contributed by atoms with Gasteiger partial charge >= 0.3 is 5.97 Å². The third-order valence-electron chi connectivity index (χ3n) is 3.88. The summed E-state index contributed by atoms with van der Waals surface area (Å²) in [5.41, 5.74) is 0.806. The summed E-state index contributed by atoms with van der Waals surface area (Å²) in [6.07, 6.45) is 1.70. The maximum absolute atomic E-state index is 12.1. The number of nitrogens with one attached hydrogen (secondary N) is 1. The molecule has 1 atom stereocenters. The van der Waals surface area contributed by atoms with Gasteiger partial charge in [-0.1, -0.05) is 19.0 Å². The topological polar surface area (TPSA) is 84.7 Å². The van der Waals surface area contributed by atoms with Gasteiger partial charge in [-0.15, -0.1) is 0 Å². The maximum atomic E-state index is 12.1. The minimum Gasteiger partial charge on any atom is -0.466 e. The molecule has 7 heteroatoms. The highest BCUT2D eigenvalue weighted by Crippen LogP contribution is 2.19. The number of carbonyl (C=O) groups excluding carboxylic acids is 2. The summed E-state index contributed by atoms with van der Waals surface area (Å²) in [4.78, 5) is 25.9. The summed E-state index contributed by atoms with van der Waals surface area (Å²) in [5, 5.41) is 6.61. The number of anilines is 1. The Kier molecular flexibility index (Phi) is 6.15. The third-order valence-corrected chi connectivity index (χ3v) is 3.88. The van der Waals surface area contributed by atoms with Crippen molar-refractivity contribution in [2.75, 3.05) is 31.6 Å². The number of hydrogen-bond acceptors (Lipinski definition) is 6. The summed E-state index contributed by atoms with van der Waals surface area (Å²) in [5.74, 6) is 0.124. The van der Waals surface area contributed by atoms with Gasteiger partial charge < -0.3 is 9.26 Å². The number of amides is 1. The molecule has 128 valence electrons. The Bertz CT molecular complexity index is 541. The van der Waals surface area contributed by atoms with Crippen molar-refractivity contribution in [2.45, 2.75) is 39.5 Å². The van der Waals surface area contributed by atoms with E-state index in [1.165, 1.54) is 0 Å². The molecule has 0 bridgehead atoms. The minimum absolute atomic E-state index is 0.144. The lowest BCUT2D eigenvalue weighted by Crippen LogP contribution is -2.43. The van der Waals surface area contributed by atoms with Crippen molar-refractivity contribution in [3.05, 3.63) is 11.8 Å². The SMILES string of the molecule is CCOC(=O)C1CCCN(CC(=O)Nc2cc(C(C)C)no2)C1. The molecule has 0 spiro atoms. The molecule has 0 aliphatic carbocycles. The molecular formula is C16H25N3O4. The Morgan fingerprint density at radius 3 is 2.96 bits per heavy atom. The second-order valence-electron chi connectivity index (χ2n) is 6.15. The van der Waals surface area contributed by atoms with Crippen LogP contribution in [0.1, 0.15) is 45.2 Å². The molecule has 0 radical (unpaired) electrons. The van der Waals surface area contributed by atoms with Crippen molar-refractivity contribution < 1.29 is 18.8 Å². The number of piperidine rings is 1. The van der Waals surface area contributed by atoms with Crippen LogP contribution >= 0.6 is 0 Å². The fourth-order valence-electron chi connectivity index (χ4n) is 2.65. The standard InChI is InChI=1S/C16H25N3O4/c1-4-22-16(21)12-6-5-7-19(9-12)10-14(20)17-15-8-13(11(2)3)18-23-15/h8,11-12H,4-7,9-10H2,1-3H3,(H,17,20). The normalized spacial score (nSPS) is 18.9. The van der Waals surface area contributed by atoms with Gasteiger partial charge in [0.05, 0.1) is 24.8 Å². The number of carbonyl (C=O) groups is 2. The molecule has 2 heterocycles. The van der Waals surface area contributed by atoms with Crippen molar-refractivity contribution >= 4 is 17.8 Å². The van der Waals surface area contributed by atoms with Gasteiger partial charge in [0.15, 0.2) is 0 Å². The van der Waals surface area contributed by atoms with Crippen molar-refractivity contribution in [3.63, 3.8) is 0 Å². The molecule has 1 aromatic rings. The lowest BCUT2D eigenvalue weighted by Gasteiger charge is -2.30. The van der Waals surface area contributed by atoms with Gasteiger partial charge in [-0.05, 0) is 32.2 Å². The highest BCUT2D eigenvalue weighted by atomic mass is 16.5. The van der Waals surface area contributed by atoms with Crippen molar-refractivity contribution in [2.24, 2.45) is 5.92 Å². The van der Waals surface area contributed by atoms with Gasteiger partial charge in [0, 0.05) is 12.6 Å². The predicted octanol–water partition coefficient (Wildman–Crippen LogP) is 2.01. The van der Waals surface area contributed by atoms with E-state index in [-0.39, 0.29) is 30.3 Å². The third kappa shape index (κ3) is 5.06. The molecule has 1 saturated heterocycles. The van der Waals surface area contributed by atoms with E-state index >= 15 is 0 Å². The fourth-order valence-corrected chi connectivity index (χ4v) is 2.65. The van der Waals surface area contributed by atoms with Gasteiger partial charge in [-0.2, -0.15) is 0 Å². The molecule has 0 aromatic carbocycles. The van der Waals surface area contributed by atoms with E-state index in [0.717, 1.165) is 25.1 Å². The largest absolute Gasteiger partial charge is 0.466 e. The Morgan fingerprint density at radius 2 is 2.30 bits per heavy atom. The van der Waals surface area contributed by atoms with E-state index in [0.29, 0.717) is 19.0 Å². The van der Waals surface area contributed by atoms with E-state index in [4.69, 9.17) is 9.26 Å². The number of esters is 1. The zero-order valence-corrected chi connectivity index (χ0v) is 14.0. The Labute approximate surface area is 136 Å². The quantitative estimate of drug-likeness (QED) is 0.806. The summed E-state index contributed by atoms with van der Waals surface area (Å²) in [7, 11) is 0. The average molecular weight is 323 g/mol. The summed E-state index contributed by atoms with van der Waals surface area (Å²) in [6, 6.07) is 1.74. The molecule has 1 aromatic heterocycles. The number of hydrogen-bond donors (Lipinski definition) is 1. The Balaban J connectivity index is 1.83. The molecule has 7 nitrogen and oxygen atoms in total. The number of likely N-dealkylation sites (tertiary alicyclic amines) is 1. The smallest absolute Gasteiger partial charge is 0.310 e. The van der Waals surface area contributed by atoms with Crippen molar-refractivity contribution in [1.82, 2.24) is 10.1 Å². The van der Waals surface area contributed by atoms with E-state index in [1.54, 1.807) is 13.0 Å². The maximum Gasteiger partial charge on any atom is 0.310 e. The molecule has 1 aliphatic rings. The van der Waals surface area contributed by atoms with E-state index in [1.807, 2.05) is 18.7 Å². The first-order valence-corrected chi connectivity index (χ1v) is 8.15. The van der Waals surface area contributed by atoms with Gasteiger partial charge in [-0.25, -0.2) is 0 Å². The molecular weight excluding hydrogens is 298 g/mol. The highest BCUT2D eigenvalue weighted by molar-refractivity contribution is 5.91. The van der Waals surface area contributed by atoms with Gasteiger partial charge in [0.2, 0.25) is 11.8 Å². The average Bonchev–Trinajstić information content (AvgIpc) is 2.96. The van der Waals surface area contributed by atoms with Crippen LogP contribution in [0.2, 0.25) is 0 Å². The summed E-state index contributed by atoms with van der Waals surface area (Å²) < 4.78 is 10.2. The molecule has 0 saturated carbocycles. The van der Waals surface area contributed by atoms with Crippen LogP contribution in [-0.2, 0) is 14.3 Å². The summed E-state index contributed by atoms with van der Waals surface area (Å²) in [6.45, 7) is 7.79. The van der Waals surface area contributed by atoms with E-state index < -0.39 is 0 Å². The number of rotatable bonds is 6. The van der Waals surface area contributed by atoms with Crippen molar-refractivity contribution in [1.29, 1.82) is 0 Å². The second-order valence-corrected chi connectivity index (χ2v) is 6.15. The Hall–Kier alpha value is -1.89. The molecule has 1 aliphatic heterocycles. The first-order chi connectivity index (χ1) is 11.0. The van der Waals surface area contributed by atoms with Crippen molar-refractivity contribution in [3.8, 4) is 0 Å². The fraction of sp³-hybridized carbons (Fsp3) is 0.688. The zero-order valence-electron chi connectivity index (χ0n) is 14.0. The number of nitrogens with zero attached hydrogens (tertiary/aromatic N) is 2. The minimum atomic E-state index is -0.172. The lowest BCUT2D eigenvalue weighted by molar-refractivity contribution is -0.150. The first kappa shape index (κ1) is 17.5. The first-order valence-electron chi connectivity index (χ1n) is 8.15. The van der Waals surface area contributed by atoms with Crippen LogP contribution in [0, 0.1) is 5.92 Å². The van der Waals surface area contributed by atoms with Gasteiger partial charge in [-0.3, -0.25) is 19.8 Å². The molecule has 1 amide bonds. The Morgan fingerprint density at radius 1 is 1.52 bits per heavy atom. The zero-order chi connectivity index (χ0) is 16.8. The van der Waals surface area contributed by atoms with Crippen LogP contribution < -0.4 is 5.32 Å².